The molecule has 0 heterocycles. The van der Waals surface area contributed by atoms with Gasteiger partial charge in [-0.3, -0.25) is 9.59 Å². The second kappa shape index (κ2) is 2.82. The van der Waals surface area contributed by atoms with Gasteiger partial charge < -0.3 is 4.74 Å². The van der Waals surface area contributed by atoms with E-state index in [1.807, 2.05) is 0 Å². The average molecular weight is 182 g/mol. The summed E-state index contributed by atoms with van der Waals surface area (Å²) in [7, 11) is 0. The molecule has 3 heteroatoms. The molecule has 3 nitrogen and oxygen atoms in total. The van der Waals surface area contributed by atoms with Gasteiger partial charge >= 0.3 is 5.97 Å². The Morgan fingerprint density at radius 1 is 1.54 bits per heavy atom. The highest BCUT2D eigenvalue weighted by atomic mass is 16.5. The lowest BCUT2D eigenvalue weighted by Gasteiger charge is -2.21. The van der Waals surface area contributed by atoms with Crippen molar-refractivity contribution in [2.45, 2.75) is 32.6 Å². The number of rotatable bonds is 2. The molecule has 2 aliphatic rings. The van der Waals surface area contributed by atoms with Crippen LogP contribution in [0.4, 0.5) is 0 Å². The maximum atomic E-state index is 11.7. The third-order valence-corrected chi connectivity index (χ3v) is 3.35. The molecule has 0 unspecified atom stereocenters. The van der Waals surface area contributed by atoms with Crippen LogP contribution in [-0.2, 0) is 14.3 Å². The number of esters is 1. The molecule has 0 aromatic rings. The summed E-state index contributed by atoms with van der Waals surface area (Å²) in [5.41, 5.74) is -0.722. The number of ketones is 1. The molecule has 0 saturated heterocycles. The van der Waals surface area contributed by atoms with Gasteiger partial charge in [0.15, 0.2) is 5.78 Å². The van der Waals surface area contributed by atoms with Crippen molar-refractivity contribution in [3.05, 3.63) is 0 Å². The Morgan fingerprint density at radius 3 is 2.54 bits per heavy atom. The Bertz CT molecular complexity index is 249. The van der Waals surface area contributed by atoms with Crippen LogP contribution in [0.3, 0.4) is 0 Å². The average Bonchev–Trinajstić information content (AvgIpc) is 2.62. The first kappa shape index (κ1) is 8.73. The molecule has 13 heavy (non-hydrogen) atoms. The summed E-state index contributed by atoms with van der Waals surface area (Å²) in [4.78, 5) is 23.3. The van der Waals surface area contributed by atoms with Crippen LogP contribution >= 0.6 is 0 Å². The second-order valence-corrected chi connectivity index (χ2v) is 3.94. The Kier molecular flexibility index (Phi) is 1.90. The third-order valence-electron chi connectivity index (χ3n) is 3.35. The molecule has 2 saturated carbocycles. The van der Waals surface area contributed by atoms with Crippen LogP contribution in [0.15, 0.2) is 0 Å². The minimum absolute atomic E-state index is 0.144. The lowest BCUT2D eigenvalue weighted by Crippen LogP contribution is -2.34. The smallest absolute Gasteiger partial charge is 0.319 e. The molecule has 0 atom stereocenters. The molecule has 0 amide bonds. The zero-order valence-corrected chi connectivity index (χ0v) is 7.84. The summed E-state index contributed by atoms with van der Waals surface area (Å²) in [6, 6.07) is 0. The number of carbonyl (C=O) groups excluding carboxylic acids is 2. The van der Waals surface area contributed by atoms with Crippen LogP contribution in [0.5, 0.6) is 0 Å². The molecule has 0 N–H and O–H groups in total. The zero-order valence-electron chi connectivity index (χ0n) is 7.84. The number of ether oxygens (including phenoxy) is 1. The van der Waals surface area contributed by atoms with Gasteiger partial charge in [-0.25, -0.2) is 0 Å². The summed E-state index contributed by atoms with van der Waals surface area (Å²) in [5, 5.41) is 0. The van der Waals surface area contributed by atoms with Crippen LogP contribution in [0.1, 0.15) is 32.6 Å². The summed E-state index contributed by atoms with van der Waals surface area (Å²) in [5.74, 6) is 0.0235. The number of fused-ring (bicyclic) bond motifs is 2. The fourth-order valence-corrected chi connectivity index (χ4v) is 2.58. The van der Waals surface area contributed by atoms with Gasteiger partial charge in [-0.05, 0) is 32.6 Å². The van der Waals surface area contributed by atoms with Gasteiger partial charge in [0.1, 0.15) is 5.41 Å². The number of Topliss-reactive ketones (excluding diaryl/α,β-unsaturated/α-hetero) is 1. The van der Waals surface area contributed by atoms with E-state index in [-0.39, 0.29) is 17.7 Å². The SMILES string of the molecule is CCOC(=O)C12CCC(CC1)C2=O. The normalized spacial score (nSPS) is 36.7. The molecule has 2 fully saturated rings. The van der Waals surface area contributed by atoms with E-state index in [0.29, 0.717) is 6.61 Å². The zero-order chi connectivity index (χ0) is 9.47. The van der Waals surface area contributed by atoms with Gasteiger partial charge in [0.2, 0.25) is 0 Å². The highest BCUT2D eigenvalue weighted by molar-refractivity contribution is 6.07. The fraction of sp³-hybridized carbons (Fsp3) is 0.800. The van der Waals surface area contributed by atoms with Gasteiger partial charge in [-0.15, -0.1) is 0 Å². The van der Waals surface area contributed by atoms with Crippen molar-refractivity contribution in [2.75, 3.05) is 6.61 Å². The van der Waals surface area contributed by atoms with Crippen molar-refractivity contribution in [3.8, 4) is 0 Å². The van der Waals surface area contributed by atoms with Crippen molar-refractivity contribution in [1.29, 1.82) is 0 Å². The lowest BCUT2D eigenvalue weighted by molar-refractivity contribution is -0.157. The summed E-state index contributed by atoms with van der Waals surface area (Å²) in [6.07, 6.45) is 3.21. The van der Waals surface area contributed by atoms with Crippen molar-refractivity contribution in [3.63, 3.8) is 0 Å². The Balaban J connectivity index is 2.20. The minimum Gasteiger partial charge on any atom is -0.465 e. The molecule has 2 rings (SSSR count). The van der Waals surface area contributed by atoms with E-state index in [1.165, 1.54) is 0 Å². The molecule has 2 aliphatic carbocycles. The molecular weight excluding hydrogens is 168 g/mol. The van der Waals surface area contributed by atoms with E-state index in [4.69, 9.17) is 4.74 Å². The molecule has 0 aromatic carbocycles. The topological polar surface area (TPSA) is 43.4 Å². The van der Waals surface area contributed by atoms with Crippen LogP contribution < -0.4 is 0 Å². The van der Waals surface area contributed by atoms with E-state index in [9.17, 15) is 9.59 Å². The standard InChI is InChI=1S/C10H14O3/c1-2-13-9(12)10-5-3-7(4-6-10)8(10)11/h7H,2-6H2,1H3. The Labute approximate surface area is 77.4 Å². The van der Waals surface area contributed by atoms with E-state index >= 15 is 0 Å². The summed E-state index contributed by atoms with van der Waals surface area (Å²) >= 11 is 0. The molecule has 2 bridgehead atoms. The van der Waals surface area contributed by atoms with Crippen molar-refractivity contribution < 1.29 is 14.3 Å². The van der Waals surface area contributed by atoms with Gasteiger partial charge in [0.25, 0.3) is 0 Å². The predicted molar refractivity (Wildman–Crippen MR) is 46.0 cm³/mol. The number of hydrogen-bond acceptors (Lipinski definition) is 3. The van der Waals surface area contributed by atoms with Crippen molar-refractivity contribution in [2.24, 2.45) is 11.3 Å². The molecule has 0 spiro atoms. The monoisotopic (exact) mass is 182 g/mol. The van der Waals surface area contributed by atoms with Crippen LogP contribution in [0.25, 0.3) is 0 Å². The Morgan fingerprint density at radius 2 is 2.15 bits per heavy atom. The highest BCUT2D eigenvalue weighted by Gasteiger charge is 2.58. The number of carbonyl (C=O) groups is 2. The fourth-order valence-electron chi connectivity index (χ4n) is 2.58. The molecule has 0 aliphatic heterocycles. The quantitative estimate of drug-likeness (QED) is 0.477. The van der Waals surface area contributed by atoms with Gasteiger partial charge in [-0.2, -0.15) is 0 Å². The first-order valence-corrected chi connectivity index (χ1v) is 4.92. The van der Waals surface area contributed by atoms with Gasteiger partial charge in [-0.1, -0.05) is 0 Å². The van der Waals surface area contributed by atoms with Crippen molar-refractivity contribution in [1.82, 2.24) is 0 Å². The Hall–Kier alpha value is -0.860. The third kappa shape index (κ3) is 1.02. The van der Waals surface area contributed by atoms with Gasteiger partial charge in [0.05, 0.1) is 6.61 Å². The first-order chi connectivity index (χ1) is 6.20. The van der Waals surface area contributed by atoms with E-state index in [2.05, 4.69) is 0 Å². The lowest BCUT2D eigenvalue weighted by atomic mass is 9.84. The summed E-state index contributed by atoms with van der Waals surface area (Å²) in [6.45, 7) is 2.15. The largest absolute Gasteiger partial charge is 0.465 e. The van der Waals surface area contributed by atoms with Crippen LogP contribution in [0.2, 0.25) is 0 Å². The number of hydrogen-bond donors (Lipinski definition) is 0. The van der Waals surface area contributed by atoms with Crippen LogP contribution in [-0.4, -0.2) is 18.4 Å². The summed E-state index contributed by atoms with van der Waals surface area (Å²) < 4.78 is 4.96. The molecule has 72 valence electrons. The first-order valence-electron chi connectivity index (χ1n) is 4.92. The van der Waals surface area contributed by atoms with E-state index < -0.39 is 5.41 Å². The molecule has 0 aromatic heterocycles. The minimum atomic E-state index is -0.722. The van der Waals surface area contributed by atoms with Gasteiger partial charge in [0, 0.05) is 5.92 Å². The van der Waals surface area contributed by atoms with Crippen molar-refractivity contribution >= 4 is 11.8 Å². The maximum Gasteiger partial charge on any atom is 0.319 e. The highest BCUT2D eigenvalue weighted by Crippen LogP contribution is 2.51. The van der Waals surface area contributed by atoms with E-state index in [1.54, 1.807) is 6.92 Å². The van der Waals surface area contributed by atoms with Crippen LogP contribution in [0, 0.1) is 11.3 Å². The maximum absolute atomic E-state index is 11.7. The van der Waals surface area contributed by atoms with E-state index in [0.717, 1.165) is 25.7 Å². The molecular formula is C10H14O3. The molecule has 0 radical (unpaired) electrons. The second-order valence-electron chi connectivity index (χ2n) is 3.94. The predicted octanol–water partition coefficient (Wildman–Crippen LogP) is 1.31.